The molecule has 2 aliphatic heterocycles. The Balaban J connectivity index is 1.50. The average molecular weight is 413 g/mol. The number of carbonyl (C=O) groups excluding carboxylic acids is 1. The number of piperazine rings is 1. The quantitative estimate of drug-likeness (QED) is 0.801. The van der Waals surface area contributed by atoms with E-state index in [-0.39, 0.29) is 18.1 Å². The molecule has 2 aliphatic rings. The topological polar surface area (TPSA) is 73.0 Å². The molecule has 7 nitrogen and oxygen atoms in total. The summed E-state index contributed by atoms with van der Waals surface area (Å²) in [4.78, 5) is 14.1. The molecule has 1 amide bonds. The first-order chi connectivity index (χ1) is 13.4. The SMILES string of the molecule is Cc1ccc(NC(=O)CN2CCN(S(=O)(=O)N3CCCCCC3)CC2)c(F)c1. The zero-order valence-corrected chi connectivity index (χ0v) is 17.2. The van der Waals surface area contributed by atoms with Gasteiger partial charge in [0.15, 0.2) is 0 Å². The van der Waals surface area contributed by atoms with Crippen LogP contribution >= 0.6 is 0 Å². The van der Waals surface area contributed by atoms with Crippen LogP contribution in [-0.2, 0) is 15.0 Å². The van der Waals surface area contributed by atoms with Crippen molar-refractivity contribution in [3.63, 3.8) is 0 Å². The second-order valence-corrected chi connectivity index (χ2v) is 9.46. The van der Waals surface area contributed by atoms with E-state index >= 15 is 0 Å². The van der Waals surface area contributed by atoms with Gasteiger partial charge in [-0.2, -0.15) is 17.0 Å². The highest BCUT2D eigenvalue weighted by molar-refractivity contribution is 7.86. The van der Waals surface area contributed by atoms with Crippen molar-refractivity contribution in [2.45, 2.75) is 32.6 Å². The number of aryl methyl sites for hydroxylation is 1. The third-order valence-corrected chi connectivity index (χ3v) is 7.35. The smallest absolute Gasteiger partial charge is 0.282 e. The average Bonchev–Trinajstić information content (AvgIpc) is 2.94. The summed E-state index contributed by atoms with van der Waals surface area (Å²) < 4.78 is 42.7. The third kappa shape index (κ3) is 5.28. The number of hydrogen-bond donors (Lipinski definition) is 1. The van der Waals surface area contributed by atoms with Crippen LogP contribution in [0.2, 0.25) is 0 Å². The van der Waals surface area contributed by atoms with Crippen molar-refractivity contribution >= 4 is 21.8 Å². The van der Waals surface area contributed by atoms with Gasteiger partial charge >= 0.3 is 0 Å². The van der Waals surface area contributed by atoms with E-state index in [1.165, 1.54) is 10.4 Å². The van der Waals surface area contributed by atoms with Gasteiger partial charge in [0.05, 0.1) is 12.2 Å². The van der Waals surface area contributed by atoms with Gasteiger partial charge in [-0.25, -0.2) is 4.39 Å². The highest BCUT2D eigenvalue weighted by Gasteiger charge is 2.32. The molecule has 0 spiro atoms. The van der Waals surface area contributed by atoms with Crippen LogP contribution in [0.4, 0.5) is 10.1 Å². The molecule has 0 radical (unpaired) electrons. The zero-order chi connectivity index (χ0) is 20.1. The summed E-state index contributed by atoms with van der Waals surface area (Å²) in [5.41, 5.74) is 0.954. The minimum atomic E-state index is -3.43. The van der Waals surface area contributed by atoms with Gasteiger partial charge < -0.3 is 5.32 Å². The summed E-state index contributed by atoms with van der Waals surface area (Å²) >= 11 is 0. The first-order valence-electron chi connectivity index (χ1n) is 9.90. The van der Waals surface area contributed by atoms with Gasteiger partial charge in [0.25, 0.3) is 10.2 Å². The highest BCUT2D eigenvalue weighted by atomic mass is 32.2. The van der Waals surface area contributed by atoms with Crippen LogP contribution in [0, 0.1) is 12.7 Å². The third-order valence-electron chi connectivity index (χ3n) is 5.31. The first-order valence-corrected chi connectivity index (χ1v) is 11.3. The largest absolute Gasteiger partial charge is 0.322 e. The molecule has 2 saturated heterocycles. The van der Waals surface area contributed by atoms with Crippen molar-refractivity contribution in [3.05, 3.63) is 29.6 Å². The van der Waals surface area contributed by atoms with Crippen molar-refractivity contribution in [1.82, 2.24) is 13.5 Å². The molecule has 156 valence electrons. The highest BCUT2D eigenvalue weighted by Crippen LogP contribution is 2.18. The fourth-order valence-electron chi connectivity index (χ4n) is 3.67. The molecule has 0 saturated carbocycles. The van der Waals surface area contributed by atoms with Crippen LogP contribution < -0.4 is 5.32 Å². The Morgan fingerprint density at radius 3 is 2.21 bits per heavy atom. The van der Waals surface area contributed by atoms with Crippen molar-refractivity contribution < 1.29 is 17.6 Å². The summed E-state index contributed by atoms with van der Waals surface area (Å²) in [5, 5.41) is 2.59. The van der Waals surface area contributed by atoms with E-state index in [0.29, 0.717) is 39.3 Å². The Bertz CT molecular complexity index is 786. The van der Waals surface area contributed by atoms with Crippen LogP contribution in [-0.4, -0.2) is 73.6 Å². The monoisotopic (exact) mass is 412 g/mol. The number of nitrogens with zero attached hydrogens (tertiary/aromatic N) is 3. The van der Waals surface area contributed by atoms with Crippen LogP contribution in [0.15, 0.2) is 18.2 Å². The minimum Gasteiger partial charge on any atom is -0.322 e. The lowest BCUT2D eigenvalue weighted by Gasteiger charge is -2.36. The van der Waals surface area contributed by atoms with E-state index in [0.717, 1.165) is 31.2 Å². The van der Waals surface area contributed by atoms with E-state index in [2.05, 4.69) is 5.32 Å². The predicted octanol–water partition coefficient (Wildman–Crippen LogP) is 1.81. The maximum atomic E-state index is 13.9. The lowest BCUT2D eigenvalue weighted by molar-refractivity contribution is -0.117. The van der Waals surface area contributed by atoms with Gasteiger partial charge in [0.1, 0.15) is 5.82 Å². The number of nitrogens with one attached hydrogen (secondary N) is 1. The Morgan fingerprint density at radius 2 is 1.61 bits per heavy atom. The Labute approximate surface area is 166 Å². The molecule has 1 N–H and O–H groups in total. The lowest BCUT2D eigenvalue weighted by atomic mass is 10.2. The van der Waals surface area contributed by atoms with Gasteiger partial charge in [-0.15, -0.1) is 0 Å². The lowest BCUT2D eigenvalue weighted by Crippen LogP contribution is -2.54. The standard InChI is InChI=1S/C19H29FN4O3S/c1-16-6-7-18(17(20)14-16)21-19(25)15-22-10-12-24(13-11-22)28(26,27)23-8-4-2-3-5-9-23/h6-7,14H,2-5,8-13,15H2,1H3,(H,21,25). The Kier molecular flexibility index (Phi) is 7.03. The van der Waals surface area contributed by atoms with Crippen molar-refractivity contribution in [1.29, 1.82) is 0 Å². The van der Waals surface area contributed by atoms with E-state index in [9.17, 15) is 17.6 Å². The molecule has 0 bridgehead atoms. The molecule has 9 heteroatoms. The van der Waals surface area contributed by atoms with Gasteiger partial charge in [0.2, 0.25) is 5.91 Å². The number of hydrogen-bond acceptors (Lipinski definition) is 4. The first kappa shape index (κ1) is 21.2. The van der Waals surface area contributed by atoms with Gasteiger partial charge in [-0.1, -0.05) is 18.9 Å². The summed E-state index contributed by atoms with van der Waals surface area (Å²) in [7, 11) is -3.43. The van der Waals surface area contributed by atoms with E-state index in [1.807, 2.05) is 4.90 Å². The van der Waals surface area contributed by atoms with Crippen molar-refractivity contribution in [2.24, 2.45) is 0 Å². The minimum absolute atomic E-state index is 0.116. The predicted molar refractivity (Wildman–Crippen MR) is 107 cm³/mol. The maximum Gasteiger partial charge on any atom is 0.282 e. The number of anilines is 1. The molecule has 3 rings (SSSR count). The number of carbonyl (C=O) groups is 1. The molecule has 28 heavy (non-hydrogen) atoms. The van der Waals surface area contributed by atoms with E-state index < -0.39 is 16.0 Å². The fraction of sp³-hybridized carbons (Fsp3) is 0.632. The molecule has 1 aromatic carbocycles. The second kappa shape index (κ2) is 9.30. The van der Waals surface area contributed by atoms with Crippen LogP contribution in [0.3, 0.4) is 0 Å². The zero-order valence-electron chi connectivity index (χ0n) is 16.4. The van der Waals surface area contributed by atoms with Gasteiger partial charge in [-0.3, -0.25) is 9.69 Å². The van der Waals surface area contributed by atoms with Crippen molar-refractivity contribution in [3.8, 4) is 0 Å². The van der Waals surface area contributed by atoms with E-state index in [1.54, 1.807) is 23.4 Å². The molecule has 0 aliphatic carbocycles. The normalized spacial score (nSPS) is 20.6. The second-order valence-electron chi connectivity index (χ2n) is 7.53. The number of rotatable bonds is 5. The van der Waals surface area contributed by atoms with Crippen LogP contribution in [0.25, 0.3) is 0 Å². The summed E-state index contributed by atoms with van der Waals surface area (Å²) in [6.45, 7) is 4.78. The Morgan fingerprint density at radius 1 is 1.00 bits per heavy atom. The van der Waals surface area contributed by atoms with E-state index in [4.69, 9.17) is 0 Å². The molecule has 0 unspecified atom stereocenters. The summed E-state index contributed by atoms with van der Waals surface area (Å²) in [5.74, 6) is -0.756. The molecule has 2 heterocycles. The molecule has 1 aromatic rings. The molecular weight excluding hydrogens is 383 g/mol. The molecule has 0 atom stereocenters. The number of amides is 1. The summed E-state index contributed by atoms with van der Waals surface area (Å²) in [6.07, 6.45) is 3.98. The molecule has 2 fully saturated rings. The Hall–Kier alpha value is -1.55. The molecular formula is C19H29FN4O3S. The summed E-state index contributed by atoms with van der Waals surface area (Å²) in [6, 6.07) is 4.67. The van der Waals surface area contributed by atoms with Crippen molar-refractivity contribution in [2.75, 3.05) is 51.1 Å². The number of benzene rings is 1. The van der Waals surface area contributed by atoms with Crippen LogP contribution in [0.1, 0.15) is 31.2 Å². The van der Waals surface area contributed by atoms with Crippen LogP contribution in [0.5, 0.6) is 0 Å². The number of halogens is 1. The fourth-order valence-corrected chi connectivity index (χ4v) is 5.34. The molecule has 0 aromatic heterocycles. The van der Waals surface area contributed by atoms with Gasteiger partial charge in [0, 0.05) is 39.3 Å². The van der Waals surface area contributed by atoms with Gasteiger partial charge in [-0.05, 0) is 37.5 Å². The maximum absolute atomic E-state index is 13.9.